The van der Waals surface area contributed by atoms with E-state index in [2.05, 4.69) is 16.7 Å². The second-order valence-corrected chi connectivity index (χ2v) is 5.33. The van der Waals surface area contributed by atoms with E-state index < -0.39 is 0 Å². The number of fused-ring (bicyclic) bond motifs is 1. The Balaban J connectivity index is 1.83. The fourth-order valence-electron chi connectivity index (χ4n) is 2.61. The molecule has 1 unspecified atom stereocenters. The van der Waals surface area contributed by atoms with Crippen molar-refractivity contribution < 1.29 is 4.79 Å². The zero-order valence-corrected chi connectivity index (χ0v) is 11.7. The summed E-state index contributed by atoms with van der Waals surface area (Å²) in [5.41, 5.74) is 5.28. The molecule has 0 radical (unpaired) electrons. The highest BCUT2D eigenvalue weighted by Gasteiger charge is 2.28. The predicted molar refractivity (Wildman–Crippen MR) is 82.2 cm³/mol. The summed E-state index contributed by atoms with van der Waals surface area (Å²) in [6.45, 7) is 4.70. The van der Waals surface area contributed by atoms with E-state index in [0.717, 1.165) is 28.1 Å². The quantitative estimate of drug-likeness (QED) is 0.874. The van der Waals surface area contributed by atoms with Crippen LogP contribution in [0.2, 0.25) is 0 Å². The Kier molecular flexibility index (Phi) is 3.18. The molecular formula is C17H18N2O. The van der Waals surface area contributed by atoms with Gasteiger partial charge in [-0.2, -0.15) is 0 Å². The number of benzene rings is 2. The Hall–Kier alpha value is -2.29. The van der Waals surface area contributed by atoms with Gasteiger partial charge in [-0.15, -0.1) is 0 Å². The number of hydrogen-bond acceptors (Lipinski definition) is 2. The molecule has 1 heterocycles. The van der Waals surface area contributed by atoms with Crippen LogP contribution in [0.5, 0.6) is 0 Å². The molecule has 0 saturated heterocycles. The fraction of sp³-hybridized carbons (Fsp3) is 0.235. The Morgan fingerprint density at radius 1 is 1.20 bits per heavy atom. The Morgan fingerprint density at radius 2 is 2.00 bits per heavy atom. The van der Waals surface area contributed by atoms with Gasteiger partial charge in [-0.3, -0.25) is 4.79 Å². The maximum absolute atomic E-state index is 12.5. The molecule has 0 spiro atoms. The number of amides is 1. The van der Waals surface area contributed by atoms with Gasteiger partial charge in [0.25, 0.3) is 0 Å². The first-order valence-corrected chi connectivity index (χ1v) is 6.86. The molecule has 1 amide bonds. The summed E-state index contributed by atoms with van der Waals surface area (Å²) in [7, 11) is 0. The first-order chi connectivity index (χ1) is 9.65. The van der Waals surface area contributed by atoms with Crippen LogP contribution in [-0.2, 0) is 4.79 Å². The van der Waals surface area contributed by atoms with Gasteiger partial charge in [0.1, 0.15) is 0 Å². The van der Waals surface area contributed by atoms with Gasteiger partial charge >= 0.3 is 0 Å². The Morgan fingerprint density at radius 3 is 2.85 bits per heavy atom. The molecule has 3 heteroatoms. The van der Waals surface area contributed by atoms with Gasteiger partial charge in [-0.05, 0) is 42.7 Å². The Bertz CT molecular complexity index is 664. The number of nitrogens with one attached hydrogen (secondary N) is 2. The number of hydrogen-bond donors (Lipinski definition) is 2. The molecule has 3 nitrogen and oxygen atoms in total. The summed E-state index contributed by atoms with van der Waals surface area (Å²) in [4.78, 5) is 12.5. The third kappa shape index (κ3) is 2.27. The van der Waals surface area contributed by atoms with Crippen LogP contribution in [0.3, 0.4) is 0 Å². The van der Waals surface area contributed by atoms with Crippen LogP contribution in [0.1, 0.15) is 22.6 Å². The van der Waals surface area contributed by atoms with Crippen LogP contribution in [0.25, 0.3) is 0 Å². The van der Waals surface area contributed by atoms with Crippen LogP contribution >= 0.6 is 0 Å². The van der Waals surface area contributed by atoms with Gasteiger partial charge < -0.3 is 10.6 Å². The number of rotatable bonds is 2. The molecule has 0 aliphatic carbocycles. The maximum Gasteiger partial charge on any atom is 0.233 e. The van der Waals surface area contributed by atoms with Crippen molar-refractivity contribution in [1.82, 2.24) is 0 Å². The van der Waals surface area contributed by atoms with Crippen molar-refractivity contribution in [3.8, 4) is 0 Å². The monoisotopic (exact) mass is 266 g/mol. The molecule has 2 aromatic rings. The van der Waals surface area contributed by atoms with Crippen molar-refractivity contribution in [3.63, 3.8) is 0 Å². The van der Waals surface area contributed by atoms with Gasteiger partial charge in [0.2, 0.25) is 5.91 Å². The predicted octanol–water partition coefficient (Wildman–Crippen LogP) is 3.45. The smallest absolute Gasteiger partial charge is 0.233 e. The van der Waals surface area contributed by atoms with Gasteiger partial charge in [0.05, 0.1) is 5.92 Å². The van der Waals surface area contributed by atoms with Crippen molar-refractivity contribution in [1.29, 1.82) is 0 Å². The number of carbonyl (C=O) groups excluding carboxylic acids is 1. The second-order valence-electron chi connectivity index (χ2n) is 5.33. The van der Waals surface area contributed by atoms with Gasteiger partial charge in [0.15, 0.2) is 0 Å². The SMILES string of the molecule is Cc1ccc(C)c(NC(=O)C2CNc3ccccc32)c1. The molecular weight excluding hydrogens is 248 g/mol. The minimum atomic E-state index is -0.119. The lowest BCUT2D eigenvalue weighted by Gasteiger charge is -2.13. The third-order valence-corrected chi connectivity index (χ3v) is 3.80. The van der Waals surface area contributed by atoms with E-state index in [9.17, 15) is 4.79 Å². The summed E-state index contributed by atoms with van der Waals surface area (Å²) >= 11 is 0. The van der Waals surface area contributed by atoms with E-state index in [-0.39, 0.29) is 11.8 Å². The van der Waals surface area contributed by atoms with E-state index in [1.807, 2.05) is 50.2 Å². The number of carbonyl (C=O) groups is 1. The fourth-order valence-corrected chi connectivity index (χ4v) is 2.61. The van der Waals surface area contributed by atoms with Crippen LogP contribution < -0.4 is 10.6 Å². The molecule has 0 fully saturated rings. The minimum absolute atomic E-state index is 0.0520. The van der Waals surface area contributed by atoms with Gasteiger partial charge in [-0.25, -0.2) is 0 Å². The average Bonchev–Trinajstić information content (AvgIpc) is 2.87. The number of anilines is 2. The van der Waals surface area contributed by atoms with E-state index in [4.69, 9.17) is 0 Å². The molecule has 1 atom stereocenters. The standard InChI is InChI=1S/C17H18N2O/c1-11-7-8-12(2)16(9-11)19-17(20)14-10-18-15-6-4-3-5-13(14)15/h3-9,14,18H,10H2,1-2H3,(H,19,20). The van der Waals surface area contributed by atoms with Crippen LogP contribution in [0.4, 0.5) is 11.4 Å². The number of aryl methyl sites for hydroxylation is 2. The molecule has 20 heavy (non-hydrogen) atoms. The lowest BCUT2D eigenvalue weighted by Crippen LogP contribution is -2.23. The molecule has 3 rings (SSSR count). The molecule has 0 bridgehead atoms. The largest absolute Gasteiger partial charge is 0.384 e. The van der Waals surface area contributed by atoms with Gasteiger partial charge in [-0.1, -0.05) is 30.3 Å². The Labute approximate surface area is 119 Å². The summed E-state index contributed by atoms with van der Waals surface area (Å²) in [6, 6.07) is 14.1. The van der Waals surface area contributed by atoms with Crippen molar-refractivity contribution in [2.24, 2.45) is 0 Å². The van der Waals surface area contributed by atoms with Crippen molar-refractivity contribution in [2.75, 3.05) is 17.2 Å². The minimum Gasteiger partial charge on any atom is -0.384 e. The van der Waals surface area contributed by atoms with E-state index in [1.165, 1.54) is 0 Å². The first kappa shape index (κ1) is 12.7. The molecule has 2 N–H and O–H groups in total. The molecule has 102 valence electrons. The highest BCUT2D eigenvalue weighted by atomic mass is 16.1. The molecule has 1 aliphatic rings. The molecule has 2 aromatic carbocycles. The normalized spacial score (nSPS) is 16.4. The first-order valence-electron chi connectivity index (χ1n) is 6.86. The summed E-state index contributed by atoms with van der Waals surface area (Å²) in [5.74, 6) is -0.0673. The maximum atomic E-state index is 12.5. The van der Waals surface area contributed by atoms with Crippen molar-refractivity contribution in [2.45, 2.75) is 19.8 Å². The third-order valence-electron chi connectivity index (χ3n) is 3.80. The average molecular weight is 266 g/mol. The second kappa shape index (κ2) is 5.00. The molecule has 0 aromatic heterocycles. The lowest BCUT2D eigenvalue weighted by molar-refractivity contribution is -0.117. The van der Waals surface area contributed by atoms with Crippen LogP contribution in [0, 0.1) is 13.8 Å². The lowest BCUT2D eigenvalue weighted by atomic mass is 10.00. The van der Waals surface area contributed by atoms with Crippen molar-refractivity contribution in [3.05, 3.63) is 59.2 Å². The molecule has 0 saturated carbocycles. The molecule has 1 aliphatic heterocycles. The zero-order valence-electron chi connectivity index (χ0n) is 11.7. The highest BCUT2D eigenvalue weighted by Crippen LogP contribution is 2.32. The topological polar surface area (TPSA) is 41.1 Å². The van der Waals surface area contributed by atoms with Crippen LogP contribution in [-0.4, -0.2) is 12.5 Å². The zero-order chi connectivity index (χ0) is 14.1. The summed E-state index contributed by atoms with van der Waals surface area (Å²) in [6.07, 6.45) is 0. The summed E-state index contributed by atoms with van der Waals surface area (Å²) in [5, 5.41) is 6.34. The van der Waals surface area contributed by atoms with Crippen LogP contribution in [0.15, 0.2) is 42.5 Å². The van der Waals surface area contributed by atoms with E-state index in [1.54, 1.807) is 0 Å². The number of para-hydroxylation sites is 1. The van der Waals surface area contributed by atoms with Crippen molar-refractivity contribution >= 4 is 17.3 Å². The van der Waals surface area contributed by atoms with E-state index >= 15 is 0 Å². The summed E-state index contributed by atoms with van der Waals surface area (Å²) < 4.78 is 0. The highest BCUT2D eigenvalue weighted by molar-refractivity contribution is 5.98. The van der Waals surface area contributed by atoms with Gasteiger partial charge in [0, 0.05) is 17.9 Å². The van der Waals surface area contributed by atoms with E-state index in [0.29, 0.717) is 6.54 Å².